The molecule has 1 aromatic heterocycles. The predicted octanol–water partition coefficient (Wildman–Crippen LogP) is 2.75. The Balaban J connectivity index is 0.00000280. The lowest BCUT2D eigenvalue weighted by Gasteiger charge is -2.34. The van der Waals surface area contributed by atoms with E-state index in [9.17, 15) is 4.79 Å². The van der Waals surface area contributed by atoms with Crippen LogP contribution in [0.5, 0.6) is 5.75 Å². The van der Waals surface area contributed by atoms with Crippen LogP contribution in [0.3, 0.4) is 0 Å². The number of carbonyl (C=O) groups is 1. The third-order valence-electron chi connectivity index (χ3n) is 4.44. The molecule has 1 saturated heterocycles. The summed E-state index contributed by atoms with van der Waals surface area (Å²) in [5.74, 6) is 1.88. The number of rotatable bonds is 6. The first-order valence-electron chi connectivity index (χ1n) is 9.25. The van der Waals surface area contributed by atoms with E-state index in [4.69, 9.17) is 9.15 Å². The lowest BCUT2D eigenvalue weighted by Crippen LogP contribution is -2.48. The van der Waals surface area contributed by atoms with Gasteiger partial charge in [0.05, 0.1) is 6.26 Å². The Morgan fingerprint density at radius 1 is 1.14 bits per heavy atom. The van der Waals surface area contributed by atoms with Crippen molar-refractivity contribution in [2.75, 3.05) is 33.2 Å². The van der Waals surface area contributed by atoms with Gasteiger partial charge in [-0.1, -0.05) is 18.2 Å². The average molecular weight is 498 g/mol. The van der Waals surface area contributed by atoms with E-state index in [1.807, 2.05) is 30.3 Å². The molecule has 1 aliphatic rings. The van der Waals surface area contributed by atoms with E-state index in [2.05, 4.69) is 20.5 Å². The minimum Gasteiger partial charge on any atom is -0.490 e. The molecule has 152 valence electrons. The Morgan fingerprint density at radius 2 is 1.86 bits per heavy atom. The number of benzene rings is 1. The molecule has 0 bridgehead atoms. The topological polar surface area (TPSA) is 79.1 Å². The van der Waals surface area contributed by atoms with Crippen LogP contribution in [0.25, 0.3) is 0 Å². The van der Waals surface area contributed by atoms with E-state index in [1.54, 1.807) is 19.2 Å². The molecule has 28 heavy (non-hydrogen) atoms. The maximum absolute atomic E-state index is 11.8. The van der Waals surface area contributed by atoms with Crippen molar-refractivity contribution in [3.63, 3.8) is 0 Å². The summed E-state index contributed by atoms with van der Waals surface area (Å²) in [4.78, 5) is 18.4. The molecular weight excluding hydrogens is 471 g/mol. The van der Waals surface area contributed by atoms with E-state index in [0.717, 1.165) is 37.6 Å². The fraction of sp³-hybridized carbons (Fsp3) is 0.400. The molecule has 3 rings (SSSR count). The van der Waals surface area contributed by atoms with Gasteiger partial charge in [-0.2, -0.15) is 0 Å². The summed E-state index contributed by atoms with van der Waals surface area (Å²) >= 11 is 0. The second-order valence-corrected chi connectivity index (χ2v) is 6.32. The van der Waals surface area contributed by atoms with Crippen LogP contribution < -0.4 is 15.4 Å². The number of likely N-dealkylation sites (tertiary alicyclic amines) is 1. The third-order valence-corrected chi connectivity index (χ3v) is 4.44. The Kier molecular flexibility index (Phi) is 9.12. The van der Waals surface area contributed by atoms with E-state index >= 15 is 0 Å². The number of carbonyl (C=O) groups excluding carboxylic acids is 1. The predicted molar refractivity (Wildman–Crippen MR) is 119 cm³/mol. The maximum atomic E-state index is 11.8. The van der Waals surface area contributed by atoms with Crippen LogP contribution in [0.15, 0.2) is 58.1 Å². The van der Waals surface area contributed by atoms with Crippen molar-refractivity contribution >= 4 is 35.8 Å². The van der Waals surface area contributed by atoms with E-state index in [-0.39, 0.29) is 36.0 Å². The number of halogens is 1. The number of ether oxygens (including phenoxy) is 1. The van der Waals surface area contributed by atoms with Crippen LogP contribution in [0.2, 0.25) is 0 Å². The molecule has 0 saturated carbocycles. The zero-order valence-corrected chi connectivity index (χ0v) is 18.3. The molecular formula is C20H27IN4O3. The molecule has 1 amide bonds. The van der Waals surface area contributed by atoms with Gasteiger partial charge in [0.15, 0.2) is 11.7 Å². The van der Waals surface area contributed by atoms with Crippen molar-refractivity contribution in [2.24, 2.45) is 4.99 Å². The molecule has 1 aliphatic heterocycles. The van der Waals surface area contributed by atoms with E-state index in [1.165, 1.54) is 6.26 Å². The van der Waals surface area contributed by atoms with Crippen molar-refractivity contribution in [1.29, 1.82) is 0 Å². The third kappa shape index (κ3) is 6.43. The minimum atomic E-state index is -0.212. The van der Waals surface area contributed by atoms with Crippen LogP contribution in [-0.4, -0.2) is 56.1 Å². The number of furan rings is 1. The van der Waals surface area contributed by atoms with E-state index < -0.39 is 0 Å². The Morgan fingerprint density at radius 3 is 2.50 bits per heavy atom. The van der Waals surface area contributed by atoms with Gasteiger partial charge >= 0.3 is 0 Å². The van der Waals surface area contributed by atoms with Gasteiger partial charge in [-0.15, -0.1) is 24.0 Å². The lowest BCUT2D eigenvalue weighted by atomic mass is 10.1. The second-order valence-electron chi connectivity index (χ2n) is 6.32. The number of piperidine rings is 1. The molecule has 0 atom stereocenters. The largest absolute Gasteiger partial charge is 0.490 e. The van der Waals surface area contributed by atoms with Gasteiger partial charge in [-0.05, 0) is 24.3 Å². The summed E-state index contributed by atoms with van der Waals surface area (Å²) in [7, 11) is 1.77. The number of aliphatic imine (C=N–C) groups is 1. The summed E-state index contributed by atoms with van der Waals surface area (Å²) in [6.45, 7) is 2.86. The maximum Gasteiger partial charge on any atom is 0.287 e. The Labute approximate surface area is 182 Å². The number of amides is 1. The van der Waals surface area contributed by atoms with Crippen LogP contribution >= 0.6 is 24.0 Å². The number of para-hydroxylation sites is 1. The standard InChI is InChI=1S/C20H26N4O3.HI/c1-21-20(23-12-11-22-19(25)18-8-5-15-26-18)24-13-9-17(10-14-24)27-16-6-3-2-4-7-16;/h2-8,15,17H,9-14H2,1H3,(H,21,23)(H,22,25);1H. The molecule has 0 spiro atoms. The molecule has 8 heteroatoms. The highest BCUT2D eigenvalue weighted by Crippen LogP contribution is 2.18. The lowest BCUT2D eigenvalue weighted by molar-refractivity contribution is 0.0926. The first kappa shape index (κ1) is 22.1. The van der Waals surface area contributed by atoms with Gasteiger partial charge in [0.1, 0.15) is 11.9 Å². The second kappa shape index (κ2) is 11.6. The summed E-state index contributed by atoms with van der Waals surface area (Å²) < 4.78 is 11.1. The highest BCUT2D eigenvalue weighted by Gasteiger charge is 2.22. The van der Waals surface area contributed by atoms with Crippen molar-refractivity contribution < 1.29 is 13.9 Å². The summed E-state index contributed by atoms with van der Waals surface area (Å²) in [6, 6.07) is 13.3. The zero-order valence-electron chi connectivity index (χ0n) is 16.0. The summed E-state index contributed by atoms with van der Waals surface area (Å²) in [6.07, 6.45) is 3.62. The van der Waals surface area contributed by atoms with Gasteiger partial charge in [-0.25, -0.2) is 0 Å². The molecule has 7 nitrogen and oxygen atoms in total. The monoisotopic (exact) mass is 498 g/mol. The number of nitrogens with one attached hydrogen (secondary N) is 2. The molecule has 1 aromatic carbocycles. The summed E-state index contributed by atoms with van der Waals surface area (Å²) in [5.41, 5.74) is 0. The van der Waals surface area contributed by atoms with E-state index in [0.29, 0.717) is 18.8 Å². The number of hydrogen-bond donors (Lipinski definition) is 2. The first-order valence-corrected chi connectivity index (χ1v) is 9.25. The molecule has 2 N–H and O–H groups in total. The van der Waals surface area contributed by atoms with Gasteiger partial charge in [0.25, 0.3) is 5.91 Å². The van der Waals surface area contributed by atoms with Crippen LogP contribution in [-0.2, 0) is 0 Å². The Hall–Kier alpha value is -2.23. The van der Waals surface area contributed by atoms with Crippen LogP contribution in [0.4, 0.5) is 0 Å². The summed E-state index contributed by atoms with van der Waals surface area (Å²) in [5, 5.41) is 6.11. The first-order chi connectivity index (χ1) is 13.3. The van der Waals surface area contributed by atoms with Gasteiger partial charge in [0, 0.05) is 46.1 Å². The molecule has 2 aromatic rings. The van der Waals surface area contributed by atoms with Gasteiger partial charge in [0.2, 0.25) is 0 Å². The number of guanidine groups is 1. The highest BCUT2D eigenvalue weighted by molar-refractivity contribution is 14.0. The fourth-order valence-corrected chi connectivity index (χ4v) is 3.05. The SMILES string of the molecule is CN=C(NCCNC(=O)c1ccco1)N1CCC(Oc2ccccc2)CC1.I. The number of hydrogen-bond acceptors (Lipinski definition) is 4. The normalized spacial score (nSPS) is 14.9. The fourth-order valence-electron chi connectivity index (χ4n) is 3.05. The van der Waals surface area contributed by atoms with Crippen LogP contribution in [0, 0.1) is 0 Å². The highest BCUT2D eigenvalue weighted by atomic mass is 127. The smallest absolute Gasteiger partial charge is 0.287 e. The molecule has 0 unspecified atom stereocenters. The number of nitrogens with zero attached hydrogens (tertiary/aromatic N) is 2. The molecule has 2 heterocycles. The van der Waals surface area contributed by atoms with Crippen molar-refractivity contribution in [3.05, 3.63) is 54.5 Å². The quantitative estimate of drug-likeness (QED) is 0.277. The molecule has 0 aliphatic carbocycles. The Bertz CT molecular complexity index is 729. The molecule has 0 radical (unpaired) electrons. The average Bonchev–Trinajstić information content (AvgIpc) is 3.25. The zero-order chi connectivity index (χ0) is 18.9. The molecule has 1 fully saturated rings. The van der Waals surface area contributed by atoms with Crippen LogP contribution in [0.1, 0.15) is 23.4 Å². The van der Waals surface area contributed by atoms with Gasteiger partial charge in [-0.3, -0.25) is 9.79 Å². The minimum absolute atomic E-state index is 0. The van der Waals surface area contributed by atoms with Gasteiger partial charge < -0.3 is 24.7 Å². The van der Waals surface area contributed by atoms with Crippen molar-refractivity contribution in [1.82, 2.24) is 15.5 Å². The van der Waals surface area contributed by atoms with Crippen molar-refractivity contribution in [3.8, 4) is 5.75 Å². The van der Waals surface area contributed by atoms with Crippen molar-refractivity contribution in [2.45, 2.75) is 18.9 Å².